The van der Waals surface area contributed by atoms with Crippen LogP contribution in [0.1, 0.15) is 6.42 Å². The summed E-state index contributed by atoms with van der Waals surface area (Å²) in [5.41, 5.74) is 0. The Morgan fingerprint density at radius 3 is 3.00 bits per heavy atom. The van der Waals surface area contributed by atoms with E-state index in [2.05, 4.69) is 15.9 Å². The molecule has 0 aliphatic carbocycles. The van der Waals surface area contributed by atoms with Gasteiger partial charge in [0, 0.05) is 25.5 Å². The monoisotopic (exact) mass is 235 g/mol. The summed E-state index contributed by atoms with van der Waals surface area (Å²) in [6.07, 6.45) is 0.880. The predicted molar refractivity (Wildman–Crippen MR) is 50.4 cm³/mol. The summed E-state index contributed by atoms with van der Waals surface area (Å²) in [6, 6.07) is 0. The van der Waals surface area contributed by atoms with Gasteiger partial charge in [-0.1, -0.05) is 15.9 Å². The van der Waals surface area contributed by atoms with Crippen molar-refractivity contribution in [3.8, 4) is 0 Å². The van der Waals surface area contributed by atoms with Crippen LogP contribution < -0.4 is 0 Å². The molecule has 12 heavy (non-hydrogen) atoms. The Labute approximate surface area is 81.2 Å². The van der Waals surface area contributed by atoms with E-state index < -0.39 is 0 Å². The molecule has 0 saturated carbocycles. The highest BCUT2D eigenvalue weighted by Crippen LogP contribution is 2.14. The Morgan fingerprint density at radius 1 is 1.75 bits per heavy atom. The molecule has 3 nitrogen and oxygen atoms in total. The molecular formula is C8H14BrNO2. The molecular weight excluding hydrogens is 222 g/mol. The first-order valence-electron chi connectivity index (χ1n) is 4.14. The molecule has 0 N–H and O–H groups in total. The van der Waals surface area contributed by atoms with Crippen molar-refractivity contribution in [3.63, 3.8) is 0 Å². The molecule has 0 aromatic carbocycles. The lowest BCUT2D eigenvalue weighted by atomic mass is 10.1. The summed E-state index contributed by atoms with van der Waals surface area (Å²) in [5.74, 6) is 0.320. The number of halogens is 1. The lowest BCUT2D eigenvalue weighted by molar-refractivity contribution is -0.133. The summed E-state index contributed by atoms with van der Waals surface area (Å²) in [5, 5.41) is 0.836. The Balaban J connectivity index is 2.34. The molecule has 0 radical (unpaired) electrons. The van der Waals surface area contributed by atoms with Crippen molar-refractivity contribution in [1.29, 1.82) is 0 Å². The topological polar surface area (TPSA) is 29.5 Å². The summed E-state index contributed by atoms with van der Waals surface area (Å²) in [4.78, 5) is 13.3. The second kappa shape index (κ2) is 4.82. The van der Waals surface area contributed by atoms with Gasteiger partial charge in [-0.15, -0.1) is 0 Å². The maximum absolute atomic E-state index is 11.6. The Kier molecular flexibility index (Phi) is 4.01. The minimum absolute atomic E-state index is 0.106. The maximum Gasteiger partial charge on any atom is 0.227 e. The molecule has 0 aromatic heterocycles. The van der Waals surface area contributed by atoms with Gasteiger partial charge in [0.2, 0.25) is 5.91 Å². The van der Waals surface area contributed by atoms with Gasteiger partial charge in [0.1, 0.15) is 0 Å². The molecule has 1 aliphatic rings. The minimum atomic E-state index is 0.106. The van der Waals surface area contributed by atoms with E-state index in [1.54, 1.807) is 4.90 Å². The number of carbonyl (C=O) groups excluding carboxylic acids is 1. The van der Waals surface area contributed by atoms with Crippen molar-refractivity contribution in [2.24, 2.45) is 5.92 Å². The molecule has 70 valence electrons. The van der Waals surface area contributed by atoms with Crippen LogP contribution >= 0.6 is 15.9 Å². The molecule has 1 aliphatic heterocycles. The van der Waals surface area contributed by atoms with Gasteiger partial charge in [-0.3, -0.25) is 4.79 Å². The zero-order chi connectivity index (χ0) is 8.97. The third kappa shape index (κ3) is 2.45. The van der Waals surface area contributed by atoms with Crippen LogP contribution in [0.15, 0.2) is 0 Å². The molecule has 4 heteroatoms. The number of hydrogen-bond donors (Lipinski definition) is 0. The van der Waals surface area contributed by atoms with E-state index in [1.165, 1.54) is 0 Å². The summed E-state index contributed by atoms with van der Waals surface area (Å²) in [7, 11) is 1.84. The van der Waals surface area contributed by atoms with E-state index in [4.69, 9.17) is 4.74 Å². The highest BCUT2D eigenvalue weighted by Gasteiger charge is 2.25. The molecule has 1 heterocycles. The number of ether oxygens (including phenoxy) is 1. The molecule has 1 atom stereocenters. The van der Waals surface area contributed by atoms with E-state index in [9.17, 15) is 4.79 Å². The first-order chi connectivity index (χ1) is 5.75. The van der Waals surface area contributed by atoms with Crippen LogP contribution in [0.4, 0.5) is 0 Å². The van der Waals surface area contributed by atoms with Crippen LogP contribution in [-0.4, -0.2) is 42.9 Å². The lowest BCUT2D eigenvalue weighted by Crippen LogP contribution is -2.34. The van der Waals surface area contributed by atoms with Crippen molar-refractivity contribution in [2.75, 3.05) is 32.1 Å². The second-order valence-electron chi connectivity index (χ2n) is 3.01. The quantitative estimate of drug-likeness (QED) is 0.680. The summed E-state index contributed by atoms with van der Waals surface area (Å²) in [6.45, 7) is 2.11. The van der Waals surface area contributed by atoms with Crippen molar-refractivity contribution < 1.29 is 9.53 Å². The third-order valence-electron chi connectivity index (χ3n) is 2.08. The van der Waals surface area contributed by atoms with Crippen LogP contribution in [-0.2, 0) is 9.53 Å². The van der Waals surface area contributed by atoms with E-state index in [0.29, 0.717) is 6.61 Å². The largest absolute Gasteiger partial charge is 0.381 e. The SMILES string of the molecule is CN(CCBr)C(=O)C1CCOC1. The Morgan fingerprint density at radius 2 is 2.50 bits per heavy atom. The van der Waals surface area contributed by atoms with E-state index >= 15 is 0 Å². The molecule has 0 aromatic rings. The van der Waals surface area contributed by atoms with Crippen LogP contribution in [0.5, 0.6) is 0 Å². The summed E-state index contributed by atoms with van der Waals surface area (Å²) >= 11 is 3.30. The van der Waals surface area contributed by atoms with E-state index in [0.717, 1.165) is 24.9 Å². The average molecular weight is 236 g/mol. The van der Waals surface area contributed by atoms with Crippen LogP contribution in [0.2, 0.25) is 0 Å². The van der Waals surface area contributed by atoms with Crippen molar-refractivity contribution in [1.82, 2.24) is 4.90 Å². The number of alkyl halides is 1. The molecule has 1 fully saturated rings. The fraction of sp³-hybridized carbons (Fsp3) is 0.875. The third-order valence-corrected chi connectivity index (χ3v) is 2.43. The van der Waals surface area contributed by atoms with Gasteiger partial charge in [-0.25, -0.2) is 0 Å². The van der Waals surface area contributed by atoms with Gasteiger partial charge in [0.05, 0.1) is 12.5 Å². The van der Waals surface area contributed by atoms with Crippen molar-refractivity contribution in [3.05, 3.63) is 0 Å². The number of hydrogen-bond acceptors (Lipinski definition) is 2. The molecule has 1 rings (SSSR count). The van der Waals surface area contributed by atoms with Crippen molar-refractivity contribution >= 4 is 21.8 Å². The highest BCUT2D eigenvalue weighted by atomic mass is 79.9. The van der Waals surface area contributed by atoms with Gasteiger partial charge in [0.15, 0.2) is 0 Å². The Bertz CT molecular complexity index is 157. The number of carbonyl (C=O) groups is 1. The molecule has 1 amide bonds. The predicted octanol–water partition coefficient (Wildman–Crippen LogP) is 0.876. The Hall–Kier alpha value is -0.0900. The van der Waals surface area contributed by atoms with Crippen LogP contribution in [0, 0.1) is 5.92 Å². The minimum Gasteiger partial charge on any atom is -0.381 e. The molecule has 0 spiro atoms. The van der Waals surface area contributed by atoms with Gasteiger partial charge in [-0.05, 0) is 6.42 Å². The summed E-state index contributed by atoms with van der Waals surface area (Å²) < 4.78 is 5.15. The normalized spacial score (nSPS) is 22.7. The van der Waals surface area contributed by atoms with Crippen LogP contribution in [0.25, 0.3) is 0 Å². The standard InChI is InChI=1S/C8H14BrNO2/c1-10(4-3-9)8(11)7-2-5-12-6-7/h7H,2-6H2,1H3. The second-order valence-corrected chi connectivity index (χ2v) is 3.80. The highest BCUT2D eigenvalue weighted by molar-refractivity contribution is 9.09. The molecule has 1 saturated heterocycles. The maximum atomic E-state index is 11.6. The van der Waals surface area contributed by atoms with Gasteiger partial charge >= 0.3 is 0 Å². The number of rotatable bonds is 3. The fourth-order valence-corrected chi connectivity index (χ4v) is 1.81. The average Bonchev–Trinajstić information content (AvgIpc) is 2.55. The number of amides is 1. The van der Waals surface area contributed by atoms with E-state index in [-0.39, 0.29) is 11.8 Å². The molecule has 1 unspecified atom stereocenters. The van der Waals surface area contributed by atoms with Gasteiger partial charge in [-0.2, -0.15) is 0 Å². The first kappa shape index (κ1) is 9.99. The zero-order valence-corrected chi connectivity index (χ0v) is 8.84. The smallest absolute Gasteiger partial charge is 0.227 e. The zero-order valence-electron chi connectivity index (χ0n) is 7.25. The first-order valence-corrected chi connectivity index (χ1v) is 5.26. The lowest BCUT2D eigenvalue weighted by Gasteiger charge is -2.18. The fourth-order valence-electron chi connectivity index (χ4n) is 1.28. The molecule has 0 bridgehead atoms. The van der Waals surface area contributed by atoms with Crippen LogP contribution in [0.3, 0.4) is 0 Å². The van der Waals surface area contributed by atoms with Gasteiger partial charge in [0.25, 0.3) is 0 Å². The van der Waals surface area contributed by atoms with Crippen molar-refractivity contribution in [2.45, 2.75) is 6.42 Å². The number of nitrogens with zero attached hydrogens (tertiary/aromatic N) is 1. The van der Waals surface area contributed by atoms with E-state index in [1.807, 2.05) is 7.05 Å². The van der Waals surface area contributed by atoms with Gasteiger partial charge < -0.3 is 9.64 Å².